The monoisotopic (exact) mass is 679 g/mol. The minimum atomic E-state index is -4.30. The van der Waals surface area contributed by atoms with E-state index in [0.717, 1.165) is 0 Å². The Labute approximate surface area is 265 Å². The van der Waals surface area contributed by atoms with E-state index in [1.807, 2.05) is 0 Å². The minimum Gasteiger partial charge on any atom is -0.471 e. The van der Waals surface area contributed by atoms with Gasteiger partial charge in [-0.2, -0.15) is 18.2 Å². The number of nitrogens with one attached hydrogen (secondary N) is 3. The molecule has 0 saturated heterocycles. The van der Waals surface area contributed by atoms with Gasteiger partial charge in [0, 0.05) is 24.0 Å². The molecule has 1 saturated carbocycles. The Morgan fingerprint density at radius 2 is 1.78 bits per heavy atom. The van der Waals surface area contributed by atoms with Crippen LogP contribution in [-0.4, -0.2) is 57.8 Å². The van der Waals surface area contributed by atoms with Crippen molar-refractivity contribution in [2.24, 2.45) is 5.92 Å². The SMILES string of the molecule is CC(C)(C)OC(=O)NCc1ccc(Cl)c(Cc2nc3nc(OCC(F)F)c(C(=O)NC4CCC(C(F)(F)F)CC4)cc3[nH]2)c1Cl. The molecule has 2 aromatic heterocycles. The number of ether oxygens (including phenoxy) is 2. The van der Waals surface area contributed by atoms with E-state index in [2.05, 4.69) is 25.6 Å². The van der Waals surface area contributed by atoms with Crippen LogP contribution in [0.15, 0.2) is 18.2 Å². The zero-order valence-electron chi connectivity index (χ0n) is 24.6. The molecule has 1 fully saturated rings. The molecule has 16 heteroatoms. The number of halogens is 7. The summed E-state index contributed by atoms with van der Waals surface area (Å²) in [5, 5.41) is 5.90. The molecular weight excluding hydrogens is 648 g/mol. The van der Waals surface area contributed by atoms with Gasteiger partial charge in [-0.25, -0.2) is 18.6 Å². The molecule has 0 atom stereocenters. The number of carbonyl (C=O) groups is 2. The first-order valence-corrected chi connectivity index (χ1v) is 14.9. The Morgan fingerprint density at radius 3 is 2.40 bits per heavy atom. The largest absolute Gasteiger partial charge is 0.471 e. The van der Waals surface area contributed by atoms with Gasteiger partial charge in [0.1, 0.15) is 17.0 Å². The lowest BCUT2D eigenvalue weighted by Crippen LogP contribution is -2.40. The van der Waals surface area contributed by atoms with E-state index in [-0.39, 0.29) is 60.4 Å². The first-order valence-electron chi connectivity index (χ1n) is 14.1. The number of carbonyl (C=O) groups excluding carboxylic acids is 2. The second-order valence-corrected chi connectivity index (χ2v) is 12.5. The molecule has 0 spiro atoms. The number of nitrogens with zero attached hydrogens (tertiary/aromatic N) is 2. The van der Waals surface area contributed by atoms with Crippen LogP contribution in [-0.2, 0) is 17.7 Å². The van der Waals surface area contributed by atoms with E-state index in [0.29, 0.717) is 22.0 Å². The Bertz CT molecular complexity index is 1540. The zero-order valence-corrected chi connectivity index (χ0v) is 26.1. The smallest absolute Gasteiger partial charge is 0.407 e. The normalized spacial score (nSPS) is 17.4. The molecule has 4 rings (SSSR count). The van der Waals surface area contributed by atoms with Crippen LogP contribution in [0.3, 0.4) is 0 Å². The van der Waals surface area contributed by atoms with E-state index in [1.165, 1.54) is 6.07 Å². The van der Waals surface area contributed by atoms with Gasteiger partial charge in [0.2, 0.25) is 5.88 Å². The number of imidazole rings is 1. The summed E-state index contributed by atoms with van der Waals surface area (Å²) >= 11 is 13.1. The average molecular weight is 681 g/mol. The van der Waals surface area contributed by atoms with Crippen molar-refractivity contribution in [2.45, 2.75) is 83.7 Å². The fourth-order valence-electron chi connectivity index (χ4n) is 4.90. The third-order valence-electron chi connectivity index (χ3n) is 7.04. The first-order chi connectivity index (χ1) is 21.0. The molecule has 3 aromatic rings. The van der Waals surface area contributed by atoms with E-state index in [4.69, 9.17) is 32.7 Å². The Kier molecular flexibility index (Phi) is 10.7. The molecule has 1 aliphatic rings. The van der Waals surface area contributed by atoms with Crippen molar-refractivity contribution < 1.29 is 41.0 Å². The van der Waals surface area contributed by atoms with Crippen LogP contribution >= 0.6 is 23.2 Å². The number of H-pyrrole nitrogens is 1. The topological polar surface area (TPSA) is 118 Å². The summed E-state index contributed by atoms with van der Waals surface area (Å²) in [6, 6.07) is 4.06. The Hall–Kier alpha value is -3.39. The van der Waals surface area contributed by atoms with Gasteiger partial charge in [0.15, 0.2) is 12.3 Å². The Morgan fingerprint density at radius 1 is 1.09 bits per heavy atom. The third-order valence-corrected chi connectivity index (χ3v) is 7.86. The fraction of sp³-hybridized carbons (Fsp3) is 0.517. The molecule has 0 radical (unpaired) electrons. The van der Waals surface area contributed by atoms with Gasteiger partial charge < -0.3 is 25.1 Å². The summed E-state index contributed by atoms with van der Waals surface area (Å²) in [5.74, 6) is -2.23. The average Bonchev–Trinajstić information content (AvgIpc) is 3.33. The maximum atomic E-state index is 13.2. The number of fused-ring (bicyclic) bond motifs is 1. The highest BCUT2D eigenvalue weighted by atomic mass is 35.5. The molecule has 2 heterocycles. The summed E-state index contributed by atoms with van der Waals surface area (Å²) in [4.78, 5) is 36.8. The Balaban J connectivity index is 1.54. The van der Waals surface area contributed by atoms with Crippen molar-refractivity contribution in [1.82, 2.24) is 25.6 Å². The summed E-state index contributed by atoms with van der Waals surface area (Å²) in [5.41, 5.74) is 0.504. The molecule has 1 aliphatic carbocycles. The van der Waals surface area contributed by atoms with Gasteiger partial charge in [0.05, 0.1) is 16.5 Å². The van der Waals surface area contributed by atoms with Gasteiger partial charge in [-0.05, 0) is 69.7 Å². The number of benzene rings is 1. The number of alkyl halides is 5. The second kappa shape index (κ2) is 13.9. The summed E-state index contributed by atoms with van der Waals surface area (Å²) in [6.07, 6.45) is -7.75. The van der Waals surface area contributed by atoms with Gasteiger partial charge in [-0.15, -0.1) is 0 Å². The molecule has 0 bridgehead atoms. The number of aromatic nitrogens is 3. The molecule has 9 nitrogen and oxygen atoms in total. The number of aromatic amines is 1. The maximum absolute atomic E-state index is 13.2. The maximum Gasteiger partial charge on any atom is 0.407 e. The number of hydrogen-bond donors (Lipinski definition) is 3. The van der Waals surface area contributed by atoms with E-state index < -0.39 is 54.6 Å². The van der Waals surface area contributed by atoms with Crippen molar-refractivity contribution in [3.63, 3.8) is 0 Å². The molecule has 0 aliphatic heterocycles. The van der Waals surface area contributed by atoms with Crippen molar-refractivity contribution in [3.8, 4) is 5.88 Å². The zero-order chi connectivity index (χ0) is 33.1. The second-order valence-electron chi connectivity index (χ2n) is 11.7. The lowest BCUT2D eigenvalue weighted by molar-refractivity contribution is -0.182. The van der Waals surface area contributed by atoms with Crippen molar-refractivity contribution in [1.29, 1.82) is 0 Å². The van der Waals surface area contributed by atoms with Gasteiger partial charge >= 0.3 is 12.3 Å². The molecule has 246 valence electrons. The van der Waals surface area contributed by atoms with Crippen LogP contribution in [0.5, 0.6) is 5.88 Å². The van der Waals surface area contributed by atoms with Gasteiger partial charge in [-0.3, -0.25) is 4.79 Å². The highest BCUT2D eigenvalue weighted by Gasteiger charge is 2.41. The van der Waals surface area contributed by atoms with E-state index in [1.54, 1.807) is 32.9 Å². The molecule has 3 N–H and O–H groups in total. The van der Waals surface area contributed by atoms with Gasteiger partial charge in [0.25, 0.3) is 12.3 Å². The highest BCUT2D eigenvalue weighted by Crippen LogP contribution is 2.38. The van der Waals surface area contributed by atoms with Crippen LogP contribution in [0.4, 0.5) is 26.7 Å². The number of rotatable bonds is 9. The summed E-state index contributed by atoms with van der Waals surface area (Å²) in [6.45, 7) is 4.22. The first kappa shape index (κ1) is 34.5. The molecule has 45 heavy (non-hydrogen) atoms. The molecular formula is C29H32Cl2F5N5O4. The standard InChI is InChI=1S/C29H32Cl2F5N5O4/c1-28(2,3)45-27(43)37-12-14-4-9-19(30)17(23(14)31)11-22-39-20-10-18(26(41-24(20)40-22)44-13-21(32)33)25(42)38-16-7-5-15(6-8-16)29(34,35)36/h4,9-10,15-16,21H,5-8,11-13H2,1-3H3,(H,37,43)(H,38,42)(H,39,40,41). The van der Waals surface area contributed by atoms with Crippen LogP contribution in [0.25, 0.3) is 11.2 Å². The molecule has 1 aromatic carbocycles. The van der Waals surface area contributed by atoms with Gasteiger partial charge in [-0.1, -0.05) is 29.3 Å². The third kappa shape index (κ3) is 9.32. The van der Waals surface area contributed by atoms with Crippen LogP contribution in [0.2, 0.25) is 10.0 Å². The number of pyridine rings is 1. The van der Waals surface area contributed by atoms with Crippen molar-refractivity contribution in [3.05, 3.63) is 50.8 Å². The van der Waals surface area contributed by atoms with Crippen LogP contribution in [0, 0.1) is 5.92 Å². The predicted octanol–water partition coefficient (Wildman–Crippen LogP) is 7.38. The molecule has 2 amide bonds. The summed E-state index contributed by atoms with van der Waals surface area (Å²) in [7, 11) is 0. The highest BCUT2D eigenvalue weighted by molar-refractivity contribution is 6.36. The van der Waals surface area contributed by atoms with Crippen LogP contribution in [0.1, 0.15) is 73.8 Å². The van der Waals surface area contributed by atoms with E-state index >= 15 is 0 Å². The number of alkyl carbamates (subject to hydrolysis) is 1. The fourth-order valence-corrected chi connectivity index (χ4v) is 5.47. The lowest BCUT2D eigenvalue weighted by atomic mass is 9.85. The molecule has 0 unspecified atom stereocenters. The van der Waals surface area contributed by atoms with Crippen molar-refractivity contribution >= 4 is 46.4 Å². The van der Waals surface area contributed by atoms with E-state index in [9.17, 15) is 31.5 Å². The summed E-state index contributed by atoms with van der Waals surface area (Å²) < 4.78 is 75.5. The minimum absolute atomic E-state index is 0.0563. The number of hydrogen-bond acceptors (Lipinski definition) is 6. The van der Waals surface area contributed by atoms with Crippen molar-refractivity contribution in [2.75, 3.05) is 6.61 Å². The predicted molar refractivity (Wildman–Crippen MR) is 157 cm³/mol. The lowest BCUT2D eigenvalue weighted by Gasteiger charge is -2.30. The number of amides is 2. The quantitative estimate of drug-likeness (QED) is 0.203. The van der Waals surface area contributed by atoms with Crippen LogP contribution < -0.4 is 15.4 Å².